The van der Waals surface area contributed by atoms with E-state index in [9.17, 15) is 25.2 Å². The molecule has 160 valence electrons. The molecular formula is C25H30O5. The van der Waals surface area contributed by atoms with E-state index in [1.54, 1.807) is 13.0 Å². The molecule has 0 fully saturated rings. The Balaban J connectivity index is 2.02. The lowest BCUT2D eigenvalue weighted by Crippen LogP contribution is -2.35. The fourth-order valence-corrected chi connectivity index (χ4v) is 4.14. The van der Waals surface area contributed by atoms with Crippen LogP contribution >= 0.6 is 0 Å². The highest BCUT2D eigenvalue weighted by Gasteiger charge is 2.36. The van der Waals surface area contributed by atoms with E-state index >= 15 is 0 Å². The lowest BCUT2D eigenvalue weighted by Gasteiger charge is -2.30. The van der Waals surface area contributed by atoms with Gasteiger partial charge in [-0.2, -0.15) is 0 Å². The van der Waals surface area contributed by atoms with E-state index in [1.807, 2.05) is 13.0 Å². The number of hydrogen-bond acceptors (Lipinski definition) is 5. The third-order valence-electron chi connectivity index (χ3n) is 5.67. The summed E-state index contributed by atoms with van der Waals surface area (Å²) in [6, 6.07) is 3.14. The molecule has 0 radical (unpaired) electrons. The summed E-state index contributed by atoms with van der Waals surface area (Å²) in [5, 5.41) is 43.1. The van der Waals surface area contributed by atoms with Crippen LogP contribution in [0.15, 0.2) is 35.4 Å². The Morgan fingerprint density at radius 1 is 1.07 bits per heavy atom. The van der Waals surface area contributed by atoms with Gasteiger partial charge in [-0.3, -0.25) is 4.79 Å². The molecule has 1 atom stereocenters. The highest BCUT2D eigenvalue weighted by atomic mass is 16.3. The first-order valence-corrected chi connectivity index (χ1v) is 10.3. The minimum absolute atomic E-state index is 0.0680. The average molecular weight is 411 g/mol. The molecule has 0 amide bonds. The van der Waals surface area contributed by atoms with Gasteiger partial charge in [-0.25, -0.2) is 0 Å². The van der Waals surface area contributed by atoms with Crippen LogP contribution in [0.3, 0.4) is 0 Å². The van der Waals surface area contributed by atoms with Gasteiger partial charge in [-0.15, -0.1) is 0 Å². The molecule has 3 rings (SSSR count). The Kier molecular flexibility index (Phi) is 5.95. The van der Waals surface area contributed by atoms with Gasteiger partial charge in [0.15, 0.2) is 5.78 Å². The van der Waals surface area contributed by atoms with Crippen molar-refractivity contribution < 1.29 is 25.2 Å². The number of aliphatic hydroxyl groups is 1. The van der Waals surface area contributed by atoms with Crippen LogP contribution < -0.4 is 0 Å². The minimum Gasteiger partial charge on any atom is -0.507 e. The van der Waals surface area contributed by atoms with Crippen LogP contribution in [0.1, 0.15) is 68.4 Å². The Morgan fingerprint density at radius 3 is 2.43 bits per heavy atom. The van der Waals surface area contributed by atoms with Gasteiger partial charge >= 0.3 is 0 Å². The lowest BCUT2D eigenvalue weighted by molar-refractivity contribution is 0.0409. The summed E-state index contributed by atoms with van der Waals surface area (Å²) in [6.45, 7) is 7.70. The molecule has 1 aliphatic rings. The summed E-state index contributed by atoms with van der Waals surface area (Å²) in [6.07, 6.45) is 6.38. The normalized spacial score (nSPS) is 19.1. The number of phenols is 3. The molecule has 0 saturated heterocycles. The molecule has 0 heterocycles. The van der Waals surface area contributed by atoms with Crippen molar-refractivity contribution in [1.29, 1.82) is 0 Å². The van der Waals surface area contributed by atoms with Crippen LogP contribution in [-0.2, 0) is 12.8 Å². The van der Waals surface area contributed by atoms with Crippen LogP contribution in [-0.4, -0.2) is 31.8 Å². The molecule has 0 spiro atoms. The molecule has 1 aliphatic carbocycles. The van der Waals surface area contributed by atoms with Crippen LogP contribution in [0.2, 0.25) is 0 Å². The molecule has 0 unspecified atom stereocenters. The number of benzene rings is 2. The number of carbonyl (C=O) groups is 1. The molecule has 4 N–H and O–H groups in total. The quantitative estimate of drug-likeness (QED) is 0.516. The summed E-state index contributed by atoms with van der Waals surface area (Å²) >= 11 is 0. The lowest BCUT2D eigenvalue weighted by atomic mass is 9.79. The Morgan fingerprint density at radius 2 is 1.77 bits per heavy atom. The van der Waals surface area contributed by atoms with E-state index in [1.165, 1.54) is 11.6 Å². The third-order valence-corrected chi connectivity index (χ3v) is 5.67. The zero-order valence-corrected chi connectivity index (χ0v) is 18.0. The molecular weight excluding hydrogens is 380 g/mol. The van der Waals surface area contributed by atoms with E-state index in [-0.39, 0.29) is 46.8 Å². The Bertz CT molecular complexity index is 1070. The van der Waals surface area contributed by atoms with Crippen molar-refractivity contribution in [2.24, 2.45) is 0 Å². The van der Waals surface area contributed by atoms with Gasteiger partial charge in [0, 0.05) is 18.4 Å². The first-order valence-electron chi connectivity index (χ1n) is 10.3. The minimum atomic E-state index is -1.18. The molecule has 2 aromatic carbocycles. The van der Waals surface area contributed by atoms with Crippen molar-refractivity contribution in [2.75, 3.05) is 0 Å². The number of Topliss-reactive ketones (excluding diaryl/α,β-unsaturated/α-hetero) is 1. The predicted octanol–water partition coefficient (Wildman–Crippen LogP) is 5.07. The molecule has 2 aromatic rings. The molecule has 0 bridgehead atoms. The topological polar surface area (TPSA) is 98.0 Å². The van der Waals surface area contributed by atoms with Gasteiger partial charge in [0.25, 0.3) is 0 Å². The second kappa shape index (κ2) is 8.15. The van der Waals surface area contributed by atoms with Crippen LogP contribution in [0, 0.1) is 0 Å². The van der Waals surface area contributed by atoms with E-state index in [0.29, 0.717) is 22.9 Å². The van der Waals surface area contributed by atoms with E-state index in [2.05, 4.69) is 19.9 Å². The van der Waals surface area contributed by atoms with Crippen molar-refractivity contribution in [2.45, 2.75) is 65.4 Å². The largest absolute Gasteiger partial charge is 0.507 e. The fourth-order valence-electron chi connectivity index (χ4n) is 4.14. The van der Waals surface area contributed by atoms with Gasteiger partial charge in [0.05, 0.1) is 16.6 Å². The highest BCUT2D eigenvalue weighted by molar-refractivity contribution is 6.09. The van der Waals surface area contributed by atoms with Crippen LogP contribution in [0.25, 0.3) is 10.8 Å². The van der Waals surface area contributed by atoms with Gasteiger partial charge in [-0.05, 0) is 70.0 Å². The number of rotatable bonds is 5. The van der Waals surface area contributed by atoms with Crippen molar-refractivity contribution in [3.63, 3.8) is 0 Å². The Hall–Kier alpha value is -2.79. The second-order valence-corrected chi connectivity index (χ2v) is 8.93. The summed E-state index contributed by atoms with van der Waals surface area (Å²) < 4.78 is 0. The number of aromatic hydroxyl groups is 3. The molecule has 0 saturated carbocycles. The standard InChI is InChI=1S/C25H30O5/c1-14(2)6-5-7-15(3)8-9-18-19(26)11-16-10-17-12-25(4,30)13-20(27)21(17)24(29)22(16)23(18)28/h6,8,10-11,26,28-30H,5,7,9,12-13H2,1-4H3/t25-/m1/s1. The van der Waals surface area contributed by atoms with E-state index in [0.717, 1.165) is 18.4 Å². The van der Waals surface area contributed by atoms with Gasteiger partial charge < -0.3 is 20.4 Å². The number of allylic oxidation sites excluding steroid dienone is 4. The summed E-state index contributed by atoms with van der Waals surface area (Å²) in [4.78, 5) is 12.5. The Labute approximate surface area is 177 Å². The van der Waals surface area contributed by atoms with Gasteiger partial charge in [-0.1, -0.05) is 23.3 Å². The molecule has 5 heteroatoms. The smallest absolute Gasteiger partial charge is 0.169 e. The number of phenolic OH excluding ortho intramolecular Hbond substituents is 3. The SMILES string of the molecule is CC(C)=CCCC(C)=CCc1c(O)cc2cc3c(c(O)c2c1O)C(=O)C[C@](C)(O)C3. The number of fused-ring (bicyclic) bond motifs is 2. The fraction of sp³-hybridized carbons (Fsp3) is 0.400. The van der Waals surface area contributed by atoms with Gasteiger partial charge in [0.2, 0.25) is 0 Å². The van der Waals surface area contributed by atoms with Crippen LogP contribution in [0.5, 0.6) is 17.2 Å². The van der Waals surface area contributed by atoms with Crippen LogP contribution in [0.4, 0.5) is 0 Å². The maximum absolute atomic E-state index is 12.5. The first-order chi connectivity index (χ1) is 14.0. The maximum atomic E-state index is 12.5. The van der Waals surface area contributed by atoms with Gasteiger partial charge in [0.1, 0.15) is 17.2 Å². The van der Waals surface area contributed by atoms with Crippen molar-refractivity contribution in [1.82, 2.24) is 0 Å². The zero-order valence-electron chi connectivity index (χ0n) is 18.0. The van der Waals surface area contributed by atoms with E-state index in [4.69, 9.17) is 0 Å². The zero-order chi connectivity index (χ0) is 22.2. The molecule has 0 aliphatic heterocycles. The molecule has 5 nitrogen and oxygen atoms in total. The second-order valence-electron chi connectivity index (χ2n) is 8.93. The van der Waals surface area contributed by atoms with Crippen molar-refractivity contribution in [3.05, 3.63) is 52.1 Å². The van der Waals surface area contributed by atoms with E-state index < -0.39 is 5.60 Å². The first kappa shape index (κ1) is 21.9. The maximum Gasteiger partial charge on any atom is 0.169 e. The highest BCUT2D eigenvalue weighted by Crippen LogP contribution is 2.45. The molecule has 30 heavy (non-hydrogen) atoms. The summed E-state index contributed by atoms with van der Waals surface area (Å²) in [5.74, 6) is -0.930. The van der Waals surface area contributed by atoms with Crippen molar-refractivity contribution in [3.8, 4) is 17.2 Å². The summed E-state index contributed by atoms with van der Waals surface area (Å²) in [7, 11) is 0. The average Bonchev–Trinajstić information content (AvgIpc) is 2.59. The monoisotopic (exact) mass is 410 g/mol. The van der Waals surface area contributed by atoms with Crippen molar-refractivity contribution >= 4 is 16.6 Å². The third kappa shape index (κ3) is 4.36. The number of ketones is 1. The summed E-state index contributed by atoms with van der Waals surface area (Å²) in [5.41, 5.74) is 2.20. The number of hydrogen-bond donors (Lipinski definition) is 4. The molecule has 0 aromatic heterocycles. The predicted molar refractivity (Wildman–Crippen MR) is 118 cm³/mol. The number of carbonyl (C=O) groups excluding carboxylic acids is 1.